The van der Waals surface area contributed by atoms with Gasteiger partial charge in [-0.05, 0) is 19.1 Å². The summed E-state index contributed by atoms with van der Waals surface area (Å²) >= 11 is 0. The highest BCUT2D eigenvalue weighted by Crippen LogP contribution is 2.05. The van der Waals surface area contributed by atoms with E-state index in [1.165, 1.54) is 12.1 Å². The zero-order chi connectivity index (χ0) is 9.84. The van der Waals surface area contributed by atoms with Crippen molar-refractivity contribution in [2.24, 2.45) is 0 Å². The second-order valence-corrected chi connectivity index (χ2v) is 2.49. The van der Waals surface area contributed by atoms with Crippen LogP contribution in [0.15, 0.2) is 24.3 Å². The van der Waals surface area contributed by atoms with E-state index >= 15 is 0 Å². The van der Waals surface area contributed by atoms with Gasteiger partial charge in [0.2, 0.25) is 0 Å². The third kappa shape index (κ3) is 2.66. The molecule has 0 saturated heterocycles. The van der Waals surface area contributed by atoms with E-state index in [2.05, 4.69) is 4.74 Å². The number of carbonyl (C=O) groups is 2. The molecule has 0 aliphatic rings. The largest absolute Gasteiger partial charge is 0.503 e. The maximum Gasteiger partial charge on any atom is 0.503 e. The third-order valence-corrected chi connectivity index (χ3v) is 1.46. The average molecular weight is 182 g/mol. The van der Waals surface area contributed by atoms with Gasteiger partial charge in [0, 0.05) is 0 Å². The lowest BCUT2D eigenvalue weighted by atomic mass is 10.2. The monoisotopic (exact) mass is 182 g/mol. The quantitative estimate of drug-likeness (QED) is 0.380. The molecule has 13 heavy (non-hydrogen) atoms. The van der Waals surface area contributed by atoms with Crippen molar-refractivity contribution in [2.75, 3.05) is 0 Å². The zero-order valence-corrected chi connectivity index (χ0v) is 6.91. The summed E-state index contributed by atoms with van der Waals surface area (Å²) in [5, 5.41) is 0. The average Bonchev–Trinajstić information content (AvgIpc) is 2.04. The van der Waals surface area contributed by atoms with E-state index in [-0.39, 0.29) is 5.56 Å². The van der Waals surface area contributed by atoms with Crippen molar-refractivity contribution < 1.29 is 18.7 Å². The number of esters is 1. The van der Waals surface area contributed by atoms with Crippen LogP contribution in [-0.4, -0.2) is 12.2 Å². The van der Waals surface area contributed by atoms with Crippen LogP contribution in [-0.2, 0) is 4.74 Å². The highest BCUT2D eigenvalue weighted by molar-refractivity contribution is 5.95. The minimum absolute atomic E-state index is 0.150. The van der Waals surface area contributed by atoms with Gasteiger partial charge in [0.15, 0.2) is 0 Å². The third-order valence-electron chi connectivity index (χ3n) is 1.46. The van der Waals surface area contributed by atoms with Crippen molar-refractivity contribution in [3.63, 3.8) is 0 Å². The summed E-state index contributed by atoms with van der Waals surface area (Å²) in [6, 6.07) is 6.25. The molecular weight excluding hydrogens is 175 g/mol. The first-order valence-electron chi connectivity index (χ1n) is 3.58. The Labute approximate surface area is 74.1 Å². The molecule has 0 saturated carbocycles. The van der Waals surface area contributed by atoms with Crippen LogP contribution in [0.3, 0.4) is 0 Å². The molecule has 0 aliphatic carbocycles. The predicted molar refractivity (Wildman–Crippen MR) is 43.1 cm³/mol. The molecule has 68 valence electrons. The van der Waals surface area contributed by atoms with Crippen LogP contribution in [0.2, 0.25) is 0 Å². The highest BCUT2D eigenvalue weighted by atomic mass is 19.1. The molecule has 0 unspecified atom stereocenters. The Morgan fingerprint density at radius 3 is 2.23 bits per heavy atom. The standard InChI is InChI=1S/C9H7FO3/c1-6-2-4-7(5-3-6)8(11)13-9(10)12/h2-5H,1H3. The number of halogens is 1. The summed E-state index contributed by atoms with van der Waals surface area (Å²) in [5.74, 6) is -0.979. The molecule has 0 fully saturated rings. The molecular formula is C9H7FO3. The van der Waals surface area contributed by atoms with Crippen LogP contribution in [0.4, 0.5) is 9.18 Å². The minimum atomic E-state index is -2.09. The molecule has 0 amide bonds. The Balaban J connectivity index is 2.78. The molecule has 0 N–H and O–H groups in total. The zero-order valence-electron chi connectivity index (χ0n) is 6.91. The molecule has 0 radical (unpaired) electrons. The molecule has 4 heteroatoms. The Kier molecular flexibility index (Phi) is 2.74. The number of rotatable bonds is 1. The summed E-state index contributed by atoms with van der Waals surface area (Å²) < 4.78 is 15.4. The van der Waals surface area contributed by atoms with Crippen LogP contribution >= 0.6 is 0 Å². The number of benzene rings is 1. The van der Waals surface area contributed by atoms with Gasteiger partial charge in [-0.1, -0.05) is 17.7 Å². The lowest BCUT2D eigenvalue weighted by molar-refractivity contribution is 0.0577. The van der Waals surface area contributed by atoms with E-state index in [0.29, 0.717) is 0 Å². The van der Waals surface area contributed by atoms with Gasteiger partial charge in [-0.25, -0.2) is 9.59 Å². The topological polar surface area (TPSA) is 43.4 Å². The fraction of sp³-hybridized carbons (Fsp3) is 0.111. The highest BCUT2D eigenvalue weighted by Gasteiger charge is 2.10. The summed E-state index contributed by atoms with van der Waals surface area (Å²) in [4.78, 5) is 20.7. The minimum Gasteiger partial charge on any atom is -0.363 e. The van der Waals surface area contributed by atoms with Crippen molar-refractivity contribution in [1.29, 1.82) is 0 Å². The number of aryl methyl sites for hydroxylation is 1. The normalized spacial score (nSPS) is 9.38. The van der Waals surface area contributed by atoms with Crippen molar-refractivity contribution >= 4 is 12.2 Å². The van der Waals surface area contributed by atoms with Crippen molar-refractivity contribution in [3.8, 4) is 0 Å². The van der Waals surface area contributed by atoms with Crippen LogP contribution < -0.4 is 0 Å². The Morgan fingerprint density at radius 1 is 1.23 bits per heavy atom. The van der Waals surface area contributed by atoms with Crippen molar-refractivity contribution in [2.45, 2.75) is 6.92 Å². The fourth-order valence-corrected chi connectivity index (χ4v) is 0.821. The molecule has 1 aromatic rings. The van der Waals surface area contributed by atoms with E-state index in [0.717, 1.165) is 5.56 Å². The Bertz CT molecular complexity index is 329. The first kappa shape index (κ1) is 9.38. The molecule has 1 rings (SSSR count). The molecule has 3 nitrogen and oxygen atoms in total. The first-order valence-corrected chi connectivity index (χ1v) is 3.58. The van der Waals surface area contributed by atoms with Crippen LogP contribution in [0.5, 0.6) is 0 Å². The Morgan fingerprint density at radius 2 is 1.77 bits per heavy atom. The van der Waals surface area contributed by atoms with Gasteiger partial charge in [-0.2, -0.15) is 0 Å². The van der Waals surface area contributed by atoms with Gasteiger partial charge < -0.3 is 4.74 Å². The van der Waals surface area contributed by atoms with Crippen LogP contribution in [0.1, 0.15) is 15.9 Å². The molecule has 0 atom stereocenters. The van der Waals surface area contributed by atoms with Gasteiger partial charge in [0.1, 0.15) is 0 Å². The number of hydrogen-bond acceptors (Lipinski definition) is 3. The maximum atomic E-state index is 11.6. The maximum absolute atomic E-state index is 11.6. The van der Waals surface area contributed by atoms with E-state index in [1.54, 1.807) is 12.1 Å². The smallest absolute Gasteiger partial charge is 0.363 e. The lowest BCUT2D eigenvalue weighted by Crippen LogP contribution is -2.06. The van der Waals surface area contributed by atoms with E-state index < -0.39 is 12.2 Å². The Hall–Kier alpha value is -1.71. The lowest BCUT2D eigenvalue weighted by Gasteiger charge is -1.97. The van der Waals surface area contributed by atoms with Crippen LogP contribution in [0.25, 0.3) is 0 Å². The summed E-state index contributed by atoms with van der Waals surface area (Å²) in [7, 11) is 0. The van der Waals surface area contributed by atoms with E-state index in [1.807, 2.05) is 6.92 Å². The second kappa shape index (κ2) is 3.80. The molecule has 0 heterocycles. The van der Waals surface area contributed by atoms with Gasteiger partial charge in [0.25, 0.3) is 0 Å². The molecule has 0 spiro atoms. The molecule has 1 aromatic carbocycles. The molecule has 0 aromatic heterocycles. The number of hydrogen-bond donors (Lipinski definition) is 0. The summed E-state index contributed by atoms with van der Waals surface area (Å²) in [5.41, 5.74) is 1.11. The van der Waals surface area contributed by atoms with Crippen molar-refractivity contribution in [3.05, 3.63) is 35.4 Å². The number of carbonyl (C=O) groups excluding carboxylic acids is 2. The molecule has 0 aliphatic heterocycles. The second-order valence-electron chi connectivity index (χ2n) is 2.49. The van der Waals surface area contributed by atoms with E-state index in [4.69, 9.17) is 0 Å². The molecule has 0 bridgehead atoms. The predicted octanol–water partition coefficient (Wildman–Crippen LogP) is 2.24. The van der Waals surface area contributed by atoms with E-state index in [9.17, 15) is 14.0 Å². The van der Waals surface area contributed by atoms with Crippen molar-refractivity contribution in [1.82, 2.24) is 0 Å². The van der Waals surface area contributed by atoms with Gasteiger partial charge in [-0.3, -0.25) is 0 Å². The number of ether oxygens (including phenoxy) is 1. The SMILES string of the molecule is Cc1ccc(C(=O)OC(=O)F)cc1. The van der Waals surface area contributed by atoms with Crippen LogP contribution in [0, 0.1) is 6.92 Å². The van der Waals surface area contributed by atoms with Gasteiger partial charge in [-0.15, -0.1) is 4.39 Å². The fourth-order valence-electron chi connectivity index (χ4n) is 0.821. The summed E-state index contributed by atoms with van der Waals surface area (Å²) in [6.07, 6.45) is -2.09. The van der Waals surface area contributed by atoms with Gasteiger partial charge >= 0.3 is 12.2 Å². The first-order chi connectivity index (χ1) is 6.09. The van der Waals surface area contributed by atoms with Gasteiger partial charge in [0.05, 0.1) is 5.56 Å². The summed E-state index contributed by atoms with van der Waals surface area (Å²) in [6.45, 7) is 1.84.